The Labute approximate surface area is 192 Å². The summed E-state index contributed by atoms with van der Waals surface area (Å²) >= 11 is 0. The molecule has 0 saturated heterocycles. The normalized spacial score (nSPS) is 13.8. The van der Waals surface area contributed by atoms with E-state index < -0.39 is 11.6 Å². The first-order chi connectivity index (χ1) is 15.9. The second-order valence-electron chi connectivity index (χ2n) is 8.31. The molecule has 7 nitrogen and oxygen atoms in total. The maximum absolute atomic E-state index is 13.5. The van der Waals surface area contributed by atoms with Crippen molar-refractivity contribution in [2.24, 2.45) is 0 Å². The number of alkyl carbamates (subject to hydrolysis) is 1. The predicted molar refractivity (Wildman–Crippen MR) is 125 cm³/mol. The molecule has 0 bridgehead atoms. The van der Waals surface area contributed by atoms with Gasteiger partial charge in [0.05, 0.1) is 18.6 Å². The summed E-state index contributed by atoms with van der Waals surface area (Å²) in [6.45, 7) is 3.67. The van der Waals surface area contributed by atoms with E-state index in [0.29, 0.717) is 0 Å². The highest BCUT2D eigenvalue weighted by atomic mass is 16.5. The molecule has 2 heterocycles. The van der Waals surface area contributed by atoms with Crippen molar-refractivity contribution in [3.05, 3.63) is 96.1 Å². The minimum absolute atomic E-state index is 0.0491. The smallest absolute Gasteiger partial charge is 0.408 e. The van der Waals surface area contributed by atoms with E-state index in [9.17, 15) is 9.59 Å². The lowest BCUT2D eigenvalue weighted by Gasteiger charge is -2.30. The van der Waals surface area contributed by atoms with E-state index in [2.05, 4.69) is 15.6 Å². The Morgan fingerprint density at radius 2 is 1.85 bits per heavy atom. The number of benzene rings is 2. The van der Waals surface area contributed by atoms with Gasteiger partial charge in [-0.15, -0.1) is 0 Å². The third-order valence-electron chi connectivity index (χ3n) is 5.70. The van der Waals surface area contributed by atoms with Gasteiger partial charge in [0.15, 0.2) is 0 Å². The number of carbonyl (C=O) groups is 2. The van der Waals surface area contributed by atoms with Crippen molar-refractivity contribution in [1.29, 1.82) is 0 Å². The first kappa shape index (κ1) is 22.2. The fraction of sp³-hybridized carbons (Fsp3) is 0.231. The van der Waals surface area contributed by atoms with Crippen LogP contribution in [0.15, 0.2) is 83.8 Å². The van der Waals surface area contributed by atoms with Crippen molar-refractivity contribution in [2.45, 2.75) is 38.5 Å². The molecule has 33 heavy (non-hydrogen) atoms. The quantitative estimate of drug-likeness (QED) is 0.361. The highest BCUT2D eigenvalue weighted by molar-refractivity contribution is 5.91. The van der Waals surface area contributed by atoms with Crippen LogP contribution in [0.5, 0.6) is 0 Å². The maximum Gasteiger partial charge on any atom is 0.408 e. The molecule has 4 aromatic rings. The topological polar surface area (TPSA) is 96.4 Å². The van der Waals surface area contributed by atoms with Crippen molar-refractivity contribution in [3.8, 4) is 0 Å². The van der Waals surface area contributed by atoms with Crippen molar-refractivity contribution in [1.82, 2.24) is 15.6 Å². The number of para-hydroxylation sites is 1. The monoisotopic (exact) mass is 445 g/mol. The van der Waals surface area contributed by atoms with E-state index in [1.807, 2.05) is 67.7 Å². The van der Waals surface area contributed by atoms with Crippen LogP contribution in [0.4, 0.5) is 4.79 Å². The lowest BCUT2D eigenvalue weighted by atomic mass is 9.91. The van der Waals surface area contributed by atoms with Crippen molar-refractivity contribution >= 4 is 22.9 Å². The van der Waals surface area contributed by atoms with E-state index in [0.717, 1.165) is 27.6 Å². The van der Waals surface area contributed by atoms with Gasteiger partial charge in [-0.3, -0.25) is 4.79 Å². The Kier molecular flexibility index (Phi) is 6.49. The summed E-state index contributed by atoms with van der Waals surface area (Å²) in [4.78, 5) is 29.4. The molecule has 170 valence electrons. The minimum Gasteiger partial charge on any atom is -0.472 e. The first-order valence-electron chi connectivity index (χ1n) is 10.8. The summed E-state index contributed by atoms with van der Waals surface area (Å²) in [5.41, 5.74) is 2.34. The molecule has 0 spiro atoms. The average Bonchev–Trinajstić information content (AvgIpc) is 3.48. The minimum atomic E-state index is -1.25. The van der Waals surface area contributed by atoms with E-state index in [1.54, 1.807) is 13.0 Å². The highest BCUT2D eigenvalue weighted by Gasteiger charge is 2.37. The van der Waals surface area contributed by atoms with Gasteiger partial charge in [-0.05, 0) is 37.1 Å². The number of nitrogens with one attached hydrogen (secondary N) is 3. The number of H-pyrrole nitrogens is 1. The number of aromatic amines is 1. The predicted octanol–water partition coefficient (Wildman–Crippen LogP) is 4.87. The van der Waals surface area contributed by atoms with Crippen LogP contribution < -0.4 is 10.6 Å². The molecule has 0 fully saturated rings. The average molecular weight is 446 g/mol. The number of carbonyl (C=O) groups excluding carboxylic acids is 2. The molecule has 2 aromatic heterocycles. The van der Waals surface area contributed by atoms with Crippen LogP contribution in [0.2, 0.25) is 0 Å². The Morgan fingerprint density at radius 3 is 2.61 bits per heavy atom. The standard InChI is InChI=1S/C26H27N3O4/c1-18(20-8-4-3-5-9-20)28-24(30)26(2,29-25(31)33-17-19-12-13-32-16-19)14-21-15-27-23-11-7-6-10-22(21)23/h3-13,15-16,18,27H,14,17H2,1-2H3,(H,28,30)(H,29,31)/t18-,26+/m0/s1. The number of furan rings is 1. The van der Waals surface area contributed by atoms with Gasteiger partial charge in [0.1, 0.15) is 12.1 Å². The Hall–Kier alpha value is -4.00. The Bertz CT molecular complexity index is 1220. The zero-order valence-electron chi connectivity index (χ0n) is 18.6. The molecule has 0 aliphatic heterocycles. The van der Waals surface area contributed by atoms with Gasteiger partial charge < -0.3 is 24.8 Å². The summed E-state index contributed by atoms with van der Waals surface area (Å²) in [5, 5.41) is 6.84. The molecule has 2 amide bonds. The molecular weight excluding hydrogens is 418 g/mol. The molecule has 3 N–H and O–H groups in total. The largest absolute Gasteiger partial charge is 0.472 e. The van der Waals surface area contributed by atoms with Gasteiger partial charge >= 0.3 is 6.09 Å². The van der Waals surface area contributed by atoms with Gasteiger partial charge in [-0.2, -0.15) is 0 Å². The zero-order chi connectivity index (χ0) is 23.3. The van der Waals surface area contributed by atoms with Gasteiger partial charge in [-0.25, -0.2) is 4.79 Å². The lowest BCUT2D eigenvalue weighted by molar-refractivity contribution is -0.127. The first-order valence-corrected chi connectivity index (χ1v) is 10.8. The van der Waals surface area contributed by atoms with Crippen LogP contribution >= 0.6 is 0 Å². The van der Waals surface area contributed by atoms with Gasteiger partial charge in [0.2, 0.25) is 5.91 Å². The number of rotatable bonds is 8. The molecule has 2 atom stereocenters. The third-order valence-corrected chi connectivity index (χ3v) is 5.70. The van der Waals surface area contributed by atoms with Gasteiger partial charge in [0.25, 0.3) is 0 Å². The Morgan fingerprint density at radius 1 is 1.09 bits per heavy atom. The number of amides is 2. The highest BCUT2D eigenvalue weighted by Crippen LogP contribution is 2.24. The Balaban J connectivity index is 1.54. The van der Waals surface area contributed by atoms with Crippen molar-refractivity contribution in [3.63, 3.8) is 0 Å². The number of aromatic nitrogens is 1. The molecule has 0 aliphatic rings. The molecule has 0 saturated carbocycles. The zero-order valence-corrected chi connectivity index (χ0v) is 18.6. The van der Waals surface area contributed by atoms with Crippen molar-refractivity contribution in [2.75, 3.05) is 0 Å². The molecule has 0 aliphatic carbocycles. The van der Waals surface area contributed by atoms with Crippen LogP contribution in [-0.2, 0) is 22.6 Å². The van der Waals surface area contributed by atoms with Crippen LogP contribution in [0.3, 0.4) is 0 Å². The fourth-order valence-electron chi connectivity index (χ4n) is 3.81. The SMILES string of the molecule is C[C@H](NC(=O)[C@@](C)(Cc1c[nH]c2ccccc12)NC(=O)OCc1ccoc1)c1ccccc1. The summed E-state index contributed by atoms with van der Waals surface area (Å²) in [6, 6.07) is 19.0. The summed E-state index contributed by atoms with van der Waals surface area (Å²) in [6.07, 6.45) is 4.49. The lowest BCUT2D eigenvalue weighted by Crippen LogP contribution is -2.58. The number of fused-ring (bicyclic) bond motifs is 1. The van der Waals surface area contributed by atoms with Crippen LogP contribution in [0, 0.1) is 0 Å². The number of hydrogen-bond donors (Lipinski definition) is 3. The molecule has 0 unspecified atom stereocenters. The maximum atomic E-state index is 13.5. The molecule has 0 radical (unpaired) electrons. The third kappa shape index (κ3) is 5.26. The van der Waals surface area contributed by atoms with E-state index in [4.69, 9.17) is 9.15 Å². The summed E-state index contributed by atoms with van der Waals surface area (Å²) in [5.74, 6) is -0.301. The van der Waals surface area contributed by atoms with Gasteiger partial charge in [0, 0.05) is 29.1 Å². The van der Waals surface area contributed by atoms with Crippen LogP contribution in [0.25, 0.3) is 10.9 Å². The molecule has 4 rings (SSSR count). The van der Waals surface area contributed by atoms with E-state index in [1.165, 1.54) is 12.5 Å². The number of hydrogen-bond acceptors (Lipinski definition) is 4. The van der Waals surface area contributed by atoms with Gasteiger partial charge in [-0.1, -0.05) is 48.5 Å². The van der Waals surface area contributed by atoms with Crippen LogP contribution in [-0.4, -0.2) is 22.5 Å². The second-order valence-corrected chi connectivity index (χ2v) is 8.31. The molecule has 2 aromatic carbocycles. The summed E-state index contributed by atoms with van der Waals surface area (Å²) in [7, 11) is 0. The molecular formula is C26H27N3O4. The fourth-order valence-corrected chi connectivity index (χ4v) is 3.81. The molecule has 7 heteroatoms. The van der Waals surface area contributed by atoms with E-state index in [-0.39, 0.29) is 25.0 Å². The van der Waals surface area contributed by atoms with Crippen molar-refractivity contribution < 1.29 is 18.7 Å². The number of ether oxygens (including phenoxy) is 1. The van der Waals surface area contributed by atoms with E-state index >= 15 is 0 Å². The second kappa shape index (κ2) is 9.65. The van der Waals surface area contributed by atoms with Crippen LogP contribution in [0.1, 0.15) is 36.6 Å². The summed E-state index contributed by atoms with van der Waals surface area (Å²) < 4.78 is 10.3.